The monoisotopic (exact) mass is 803 g/mol. The maximum absolute atomic E-state index is 13.5. The number of hydrogen-bond acceptors (Lipinski definition) is 10. The number of carbonyl (C=O) groups is 2. The van der Waals surface area contributed by atoms with E-state index < -0.39 is 24.0 Å². The zero-order valence-electron chi connectivity index (χ0n) is 36.5. The summed E-state index contributed by atoms with van der Waals surface area (Å²) in [7, 11) is 0. The number of hydrogen-bond donors (Lipinski definition) is 1. The molecule has 320 valence electrons. The summed E-state index contributed by atoms with van der Waals surface area (Å²) in [5, 5.41) is 11.7. The van der Waals surface area contributed by atoms with Gasteiger partial charge < -0.3 is 38.6 Å². The largest absolute Gasteiger partial charge is 0.493 e. The minimum Gasteiger partial charge on any atom is -0.493 e. The number of nitrogens with zero attached hydrogens (tertiary/aromatic N) is 2. The minimum absolute atomic E-state index is 0.226. The van der Waals surface area contributed by atoms with Gasteiger partial charge in [-0.2, -0.15) is 0 Å². The molecule has 1 N–H and O–H groups in total. The van der Waals surface area contributed by atoms with Crippen molar-refractivity contribution in [3.05, 3.63) is 82.9 Å². The standard InChI is InChI=1S/C48H70N2O8/c1-9-17-25-41(46(52)56-15-7)49(31-19-11-3)35-27-29-39(43(33-35)54-13-5)48(38-24-22-21-23-37(38)45(51)58-48)40-30-28-36(34-44(40)55-14-6)50(32-20-12-4)42(26-18-10-2)47(53)57-16-8/h21-24,27-30,33-34,41-42,45,51H,9-20,25-26,31-32H2,1-8H3. The Labute approximate surface area is 348 Å². The lowest BCUT2D eigenvalue weighted by molar-refractivity contribution is -0.145. The molecule has 58 heavy (non-hydrogen) atoms. The van der Waals surface area contributed by atoms with E-state index in [4.69, 9.17) is 23.7 Å². The van der Waals surface area contributed by atoms with E-state index in [0.29, 0.717) is 80.5 Å². The van der Waals surface area contributed by atoms with Gasteiger partial charge in [0.1, 0.15) is 23.6 Å². The molecule has 10 heteroatoms. The third-order valence-electron chi connectivity index (χ3n) is 10.9. The Hall–Kier alpha value is -4.28. The SMILES string of the molecule is CCCCC(C(=O)OCC)N(CCCC)c1ccc(C2(c3ccc(N(CCCC)C(CCCC)C(=O)OCC)cc3OCC)OC(O)c3ccccc32)c(OCC)c1. The lowest BCUT2D eigenvalue weighted by Crippen LogP contribution is -2.43. The lowest BCUT2D eigenvalue weighted by Gasteiger charge is -2.37. The molecular formula is C48H70N2O8. The first-order valence-corrected chi connectivity index (χ1v) is 22.1. The molecule has 0 aliphatic carbocycles. The summed E-state index contributed by atoms with van der Waals surface area (Å²) in [6.45, 7) is 18.9. The van der Waals surface area contributed by atoms with Crippen LogP contribution in [0, 0.1) is 0 Å². The number of aliphatic hydroxyl groups is 1. The van der Waals surface area contributed by atoms with Crippen molar-refractivity contribution in [1.29, 1.82) is 0 Å². The third-order valence-corrected chi connectivity index (χ3v) is 10.9. The van der Waals surface area contributed by atoms with Gasteiger partial charge in [0.25, 0.3) is 0 Å². The Balaban J connectivity index is 2.00. The van der Waals surface area contributed by atoms with E-state index in [1.807, 2.05) is 88.4 Å². The van der Waals surface area contributed by atoms with Crippen molar-refractivity contribution in [1.82, 2.24) is 0 Å². The molecule has 1 heterocycles. The summed E-state index contributed by atoms with van der Waals surface area (Å²) >= 11 is 0. The van der Waals surface area contributed by atoms with Crippen molar-refractivity contribution in [2.45, 2.75) is 144 Å². The van der Waals surface area contributed by atoms with Crippen LogP contribution >= 0.6 is 0 Å². The van der Waals surface area contributed by atoms with Crippen LogP contribution in [0.25, 0.3) is 0 Å². The molecule has 0 radical (unpaired) electrons. The maximum atomic E-state index is 13.5. The highest BCUT2D eigenvalue weighted by Crippen LogP contribution is 2.56. The summed E-state index contributed by atoms with van der Waals surface area (Å²) < 4.78 is 31.2. The van der Waals surface area contributed by atoms with Crippen LogP contribution in [0.15, 0.2) is 60.7 Å². The van der Waals surface area contributed by atoms with Gasteiger partial charge in [0.05, 0.1) is 26.4 Å². The first-order chi connectivity index (χ1) is 28.2. The number of carbonyl (C=O) groups excluding carboxylic acids is 2. The van der Waals surface area contributed by atoms with Crippen molar-refractivity contribution in [2.24, 2.45) is 0 Å². The predicted octanol–water partition coefficient (Wildman–Crippen LogP) is 10.3. The topological polar surface area (TPSA) is 107 Å². The number of unbranched alkanes of at least 4 members (excludes halogenated alkanes) is 4. The molecule has 4 rings (SSSR count). The van der Waals surface area contributed by atoms with Crippen LogP contribution in [0.3, 0.4) is 0 Å². The van der Waals surface area contributed by atoms with Gasteiger partial charge in [0.15, 0.2) is 11.9 Å². The summed E-state index contributed by atoms with van der Waals surface area (Å²) in [5.41, 5.74) is 3.16. The van der Waals surface area contributed by atoms with E-state index in [1.165, 1.54) is 0 Å². The molecule has 0 aromatic heterocycles. The number of rotatable bonds is 26. The fraction of sp³-hybridized carbons (Fsp3) is 0.583. The van der Waals surface area contributed by atoms with E-state index in [1.54, 1.807) is 0 Å². The summed E-state index contributed by atoms with van der Waals surface area (Å²) in [5.74, 6) is 0.690. The minimum atomic E-state index is -1.35. The van der Waals surface area contributed by atoms with Gasteiger partial charge in [-0.25, -0.2) is 9.59 Å². The number of benzene rings is 3. The van der Waals surface area contributed by atoms with Gasteiger partial charge in [-0.15, -0.1) is 0 Å². The number of esters is 2. The lowest BCUT2D eigenvalue weighted by atomic mass is 9.78. The van der Waals surface area contributed by atoms with Gasteiger partial charge in [-0.1, -0.05) is 90.5 Å². The van der Waals surface area contributed by atoms with Gasteiger partial charge >= 0.3 is 11.9 Å². The van der Waals surface area contributed by atoms with Crippen molar-refractivity contribution in [3.63, 3.8) is 0 Å². The van der Waals surface area contributed by atoms with Crippen molar-refractivity contribution >= 4 is 23.3 Å². The van der Waals surface area contributed by atoms with Crippen molar-refractivity contribution < 1.29 is 38.4 Å². The summed E-state index contributed by atoms with van der Waals surface area (Å²) in [4.78, 5) is 31.4. The Morgan fingerprint density at radius 2 is 1.07 bits per heavy atom. The molecule has 1 aliphatic heterocycles. The van der Waals surface area contributed by atoms with Crippen LogP contribution in [0.4, 0.5) is 11.4 Å². The molecule has 3 atom stereocenters. The first kappa shape index (κ1) is 46.4. The average molecular weight is 803 g/mol. The van der Waals surface area contributed by atoms with Crippen molar-refractivity contribution in [2.75, 3.05) is 49.3 Å². The Kier molecular flexibility index (Phi) is 18.7. The Bertz CT molecular complexity index is 1630. The zero-order valence-corrected chi connectivity index (χ0v) is 36.5. The zero-order chi connectivity index (χ0) is 42.1. The van der Waals surface area contributed by atoms with Crippen LogP contribution in [0.5, 0.6) is 11.5 Å². The molecule has 0 spiro atoms. The normalized spacial score (nSPS) is 16.9. The van der Waals surface area contributed by atoms with E-state index in [9.17, 15) is 14.7 Å². The summed E-state index contributed by atoms with van der Waals surface area (Å²) in [6.07, 6.45) is 7.54. The second-order valence-electron chi connectivity index (χ2n) is 14.9. The molecule has 0 amide bonds. The van der Waals surface area contributed by atoms with Crippen LogP contribution in [-0.2, 0) is 29.4 Å². The van der Waals surface area contributed by atoms with Crippen LogP contribution in [0.2, 0.25) is 0 Å². The molecule has 0 saturated heterocycles. The molecule has 3 unspecified atom stereocenters. The highest BCUT2D eigenvalue weighted by Gasteiger charge is 2.51. The molecular weight excluding hydrogens is 733 g/mol. The number of ether oxygens (including phenoxy) is 5. The maximum Gasteiger partial charge on any atom is 0.328 e. The summed E-state index contributed by atoms with van der Waals surface area (Å²) in [6, 6.07) is 18.9. The Morgan fingerprint density at radius 3 is 1.48 bits per heavy atom. The van der Waals surface area contributed by atoms with Gasteiger partial charge in [0.2, 0.25) is 0 Å². The molecule has 0 bridgehead atoms. The number of anilines is 2. The molecule has 1 aliphatic rings. The van der Waals surface area contributed by atoms with Crippen LogP contribution in [0.1, 0.15) is 148 Å². The number of aliphatic hydroxyl groups excluding tert-OH is 1. The van der Waals surface area contributed by atoms with Crippen LogP contribution in [-0.4, -0.2) is 68.6 Å². The van der Waals surface area contributed by atoms with E-state index in [-0.39, 0.29) is 11.9 Å². The van der Waals surface area contributed by atoms with Gasteiger partial charge in [-0.05, 0) is 77.6 Å². The quantitative estimate of drug-likeness (QED) is 0.0789. The predicted molar refractivity (Wildman–Crippen MR) is 232 cm³/mol. The smallest absolute Gasteiger partial charge is 0.328 e. The molecule has 3 aromatic carbocycles. The molecule has 10 nitrogen and oxygen atoms in total. The first-order valence-electron chi connectivity index (χ1n) is 22.1. The number of fused-ring (bicyclic) bond motifs is 1. The van der Waals surface area contributed by atoms with Gasteiger partial charge in [0, 0.05) is 58.9 Å². The third kappa shape index (κ3) is 10.7. The second-order valence-corrected chi connectivity index (χ2v) is 14.9. The average Bonchev–Trinajstić information content (AvgIpc) is 3.52. The molecule has 3 aromatic rings. The van der Waals surface area contributed by atoms with Crippen molar-refractivity contribution in [3.8, 4) is 11.5 Å². The fourth-order valence-electron chi connectivity index (χ4n) is 8.06. The fourth-order valence-corrected chi connectivity index (χ4v) is 8.06. The second kappa shape index (κ2) is 23.3. The van der Waals surface area contributed by atoms with E-state index in [2.05, 4.69) is 37.5 Å². The molecule has 0 fully saturated rings. The van der Waals surface area contributed by atoms with E-state index in [0.717, 1.165) is 68.3 Å². The Morgan fingerprint density at radius 1 is 0.621 bits per heavy atom. The van der Waals surface area contributed by atoms with E-state index >= 15 is 0 Å². The highest BCUT2D eigenvalue weighted by molar-refractivity contribution is 5.81. The van der Waals surface area contributed by atoms with Gasteiger partial charge in [-0.3, -0.25) is 0 Å². The highest BCUT2D eigenvalue weighted by atomic mass is 16.6. The molecule has 0 saturated carbocycles. The van der Waals surface area contributed by atoms with Crippen LogP contribution < -0.4 is 19.3 Å².